The predicted molar refractivity (Wildman–Crippen MR) is 104 cm³/mol. The second kappa shape index (κ2) is 9.80. The zero-order valence-corrected chi connectivity index (χ0v) is 16.5. The number of carbonyl (C=O) groups excluding carboxylic acids is 1. The van der Waals surface area contributed by atoms with Crippen LogP contribution in [0.25, 0.3) is 0 Å². The fourth-order valence-electron chi connectivity index (χ4n) is 3.12. The Morgan fingerprint density at radius 1 is 1.33 bits per heavy atom. The minimum absolute atomic E-state index is 0.135. The summed E-state index contributed by atoms with van der Waals surface area (Å²) in [4.78, 5) is 12.6. The van der Waals surface area contributed by atoms with Crippen molar-refractivity contribution in [1.29, 1.82) is 0 Å². The number of rotatable bonds is 8. The van der Waals surface area contributed by atoms with Gasteiger partial charge in [0.15, 0.2) is 0 Å². The SMILES string of the molecule is CC[C@H](C)[C@H](NC[C@H]1C[C@@H](S)CN1)C(=O)NCc1ccc(C(F)(F)F)cc1. The van der Waals surface area contributed by atoms with E-state index in [-0.39, 0.29) is 24.4 Å². The molecule has 0 aliphatic carbocycles. The molecule has 2 rings (SSSR count). The molecular formula is C19H28F3N3OS. The summed E-state index contributed by atoms with van der Waals surface area (Å²) in [6, 6.07) is 4.80. The van der Waals surface area contributed by atoms with Crippen molar-refractivity contribution in [2.45, 2.75) is 56.7 Å². The summed E-state index contributed by atoms with van der Waals surface area (Å²) in [7, 11) is 0. The topological polar surface area (TPSA) is 53.2 Å². The third-order valence-corrected chi connectivity index (χ3v) is 5.42. The average molecular weight is 404 g/mol. The van der Waals surface area contributed by atoms with E-state index in [1.54, 1.807) is 0 Å². The number of benzene rings is 1. The first-order chi connectivity index (χ1) is 12.7. The van der Waals surface area contributed by atoms with Crippen molar-refractivity contribution >= 4 is 18.5 Å². The average Bonchev–Trinajstić information content (AvgIpc) is 3.04. The lowest BCUT2D eigenvalue weighted by Gasteiger charge is -2.25. The van der Waals surface area contributed by atoms with Crippen molar-refractivity contribution in [3.8, 4) is 0 Å². The van der Waals surface area contributed by atoms with Gasteiger partial charge >= 0.3 is 6.18 Å². The summed E-state index contributed by atoms with van der Waals surface area (Å²) in [5.74, 6) is 0.00970. The van der Waals surface area contributed by atoms with E-state index in [9.17, 15) is 18.0 Å². The quantitative estimate of drug-likeness (QED) is 0.505. The number of hydrogen-bond donors (Lipinski definition) is 4. The van der Waals surface area contributed by atoms with E-state index < -0.39 is 11.7 Å². The summed E-state index contributed by atoms with van der Waals surface area (Å²) in [6.07, 6.45) is -2.55. The molecule has 4 nitrogen and oxygen atoms in total. The van der Waals surface area contributed by atoms with Crippen LogP contribution in [0.3, 0.4) is 0 Å². The number of carbonyl (C=O) groups is 1. The van der Waals surface area contributed by atoms with Crippen molar-refractivity contribution in [2.24, 2.45) is 5.92 Å². The fourth-order valence-corrected chi connectivity index (χ4v) is 3.48. The van der Waals surface area contributed by atoms with Crippen molar-refractivity contribution in [1.82, 2.24) is 16.0 Å². The molecule has 1 aromatic rings. The molecule has 1 fully saturated rings. The van der Waals surface area contributed by atoms with E-state index in [1.165, 1.54) is 12.1 Å². The lowest BCUT2D eigenvalue weighted by atomic mass is 9.97. The van der Waals surface area contributed by atoms with Crippen molar-refractivity contribution < 1.29 is 18.0 Å². The Hall–Kier alpha value is -1.25. The van der Waals surface area contributed by atoms with Gasteiger partial charge in [0.1, 0.15) is 0 Å². The molecule has 1 saturated heterocycles. The predicted octanol–water partition coefficient (Wildman–Crippen LogP) is 2.99. The summed E-state index contributed by atoms with van der Waals surface area (Å²) in [6.45, 7) is 5.79. The number of halogens is 3. The number of thiol groups is 1. The first-order valence-electron chi connectivity index (χ1n) is 9.29. The van der Waals surface area contributed by atoms with Gasteiger partial charge in [-0.3, -0.25) is 4.79 Å². The molecule has 8 heteroatoms. The standard InChI is InChI=1S/C19H28F3N3OS/c1-3-12(2)17(24-10-15-8-16(27)11-23-15)18(26)25-9-13-4-6-14(7-5-13)19(20,21)22/h4-7,12,15-17,23-24,27H,3,8-11H2,1-2H3,(H,25,26)/t12-,15+,16+,17-/m0/s1. The Bertz CT molecular complexity index is 609. The maximum atomic E-state index is 12.6. The minimum atomic E-state index is -4.35. The normalized spacial score (nSPS) is 22.4. The van der Waals surface area contributed by atoms with E-state index in [4.69, 9.17) is 0 Å². The Kier molecular flexibility index (Phi) is 8.00. The molecule has 152 valence electrons. The first-order valence-corrected chi connectivity index (χ1v) is 9.81. The molecule has 0 spiro atoms. The molecule has 0 radical (unpaired) electrons. The summed E-state index contributed by atoms with van der Waals surface area (Å²) >= 11 is 4.45. The molecule has 0 unspecified atom stereocenters. The Morgan fingerprint density at radius 3 is 2.52 bits per heavy atom. The molecule has 3 N–H and O–H groups in total. The Labute approximate surface area is 164 Å². The Balaban J connectivity index is 1.89. The van der Waals surface area contributed by atoms with Gasteiger partial charge in [-0.25, -0.2) is 0 Å². The van der Waals surface area contributed by atoms with E-state index in [2.05, 4.69) is 28.6 Å². The van der Waals surface area contributed by atoms with Crippen LogP contribution in [0.2, 0.25) is 0 Å². The highest BCUT2D eigenvalue weighted by molar-refractivity contribution is 7.81. The fraction of sp³-hybridized carbons (Fsp3) is 0.632. The van der Waals surface area contributed by atoms with Gasteiger partial charge < -0.3 is 16.0 Å². The highest BCUT2D eigenvalue weighted by Gasteiger charge is 2.30. The van der Waals surface area contributed by atoms with E-state index in [1.807, 2.05) is 13.8 Å². The van der Waals surface area contributed by atoms with E-state index in [0.29, 0.717) is 23.4 Å². The van der Waals surface area contributed by atoms with Gasteiger partial charge in [-0.05, 0) is 30.0 Å². The second-order valence-electron chi connectivity index (χ2n) is 7.18. The Morgan fingerprint density at radius 2 is 2.00 bits per heavy atom. The first kappa shape index (κ1) is 22.0. The van der Waals surface area contributed by atoms with Crippen molar-refractivity contribution in [3.63, 3.8) is 0 Å². The van der Waals surface area contributed by atoms with Crippen LogP contribution in [0.1, 0.15) is 37.8 Å². The highest BCUT2D eigenvalue weighted by atomic mass is 32.1. The number of alkyl halides is 3. The molecule has 27 heavy (non-hydrogen) atoms. The van der Waals surface area contributed by atoms with Gasteiger partial charge in [0.2, 0.25) is 5.91 Å². The minimum Gasteiger partial charge on any atom is -0.351 e. The van der Waals surface area contributed by atoms with Crippen LogP contribution >= 0.6 is 12.6 Å². The highest BCUT2D eigenvalue weighted by Crippen LogP contribution is 2.29. The van der Waals surface area contributed by atoms with Gasteiger partial charge in [0.25, 0.3) is 0 Å². The maximum absolute atomic E-state index is 12.6. The van der Waals surface area contributed by atoms with Crippen LogP contribution in [0, 0.1) is 5.92 Å². The molecule has 0 aromatic heterocycles. The van der Waals surface area contributed by atoms with Crippen LogP contribution in [0.4, 0.5) is 13.2 Å². The number of hydrogen-bond acceptors (Lipinski definition) is 4. The molecule has 0 bridgehead atoms. The van der Waals surface area contributed by atoms with Gasteiger partial charge in [0.05, 0.1) is 11.6 Å². The third-order valence-electron chi connectivity index (χ3n) is 5.03. The number of amides is 1. The summed E-state index contributed by atoms with van der Waals surface area (Å²) in [5.41, 5.74) is -0.0575. The summed E-state index contributed by atoms with van der Waals surface area (Å²) in [5, 5.41) is 9.89. The van der Waals surface area contributed by atoms with Crippen molar-refractivity contribution in [2.75, 3.05) is 13.1 Å². The van der Waals surface area contributed by atoms with Crippen LogP contribution in [-0.2, 0) is 17.5 Å². The monoisotopic (exact) mass is 403 g/mol. The van der Waals surface area contributed by atoms with E-state index in [0.717, 1.165) is 31.5 Å². The van der Waals surface area contributed by atoms with Gasteiger partial charge in [-0.1, -0.05) is 32.4 Å². The van der Waals surface area contributed by atoms with Gasteiger partial charge in [-0.2, -0.15) is 25.8 Å². The lowest BCUT2D eigenvalue weighted by molar-refractivity contribution is -0.137. The molecule has 1 aliphatic heterocycles. The molecule has 1 heterocycles. The summed E-state index contributed by atoms with van der Waals surface area (Å²) < 4.78 is 37.8. The molecule has 1 aromatic carbocycles. The number of nitrogens with one attached hydrogen (secondary N) is 3. The second-order valence-corrected chi connectivity index (χ2v) is 7.91. The molecular weight excluding hydrogens is 375 g/mol. The molecule has 1 amide bonds. The van der Waals surface area contributed by atoms with Crippen LogP contribution in [0.5, 0.6) is 0 Å². The van der Waals surface area contributed by atoms with E-state index >= 15 is 0 Å². The lowest BCUT2D eigenvalue weighted by Crippen LogP contribution is -2.50. The van der Waals surface area contributed by atoms with Gasteiger partial charge in [0, 0.05) is 30.9 Å². The molecule has 0 saturated carbocycles. The van der Waals surface area contributed by atoms with Crippen molar-refractivity contribution in [3.05, 3.63) is 35.4 Å². The zero-order valence-electron chi connectivity index (χ0n) is 15.6. The largest absolute Gasteiger partial charge is 0.416 e. The third kappa shape index (κ3) is 6.69. The smallest absolute Gasteiger partial charge is 0.351 e. The van der Waals surface area contributed by atoms with Gasteiger partial charge in [-0.15, -0.1) is 0 Å². The maximum Gasteiger partial charge on any atom is 0.416 e. The molecule has 1 aliphatic rings. The van der Waals surface area contributed by atoms with Crippen LogP contribution in [0.15, 0.2) is 24.3 Å². The zero-order chi connectivity index (χ0) is 20.0. The molecule has 4 atom stereocenters. The van der Waals surface area contributed by atoms with Crippen LogP contribution < -0.4 is 16.0 Å². The van der Waals surface area contributed by atoms with Crippen LogP contribution in [-0.4, -0.2) is 36.3 Å².